The van der Waals surface area contributed by atoms with Crippen molar-refractivity contribution in [2.45, 2.75) is 19.9 Å². The third-order valence-electron chi connectivity index (χ3n) is 2.94. The summed E-state index contributed by atoms with van der Waals surface area (Å²) in [4.78, 5) is 11.8. The maximum atomic E-state index is 11.8. The van der Waals surface area contributed by atoms with Crippen LogP contribution in [0.2, 0.25) is 0 Å². The van der Waals surface area contributed by atoms with Gasteiger partial charge in [0.25, 0.3) is 0 Å². The number of rotatable bonds is 4. The summed E-state index contributed by atoms with van der Waals surface area (Å²) in [5.74, 6) is 0. The number of hydrogen-bond acceptors (Lipinski definition) is 1. The maximum Gasteiger partial charge on any atom is 0.319 e. The third-order valence-corrected chi connectivity index (χ3v) is 3.61. The molecule has 0 fully saturated rings. The van der Waals surface area contributed by atoms with Crippen LogP contribution >= 0.6 is 22.6 Å². The van der Waals surface area contributed by atoms with Crippen LogP contribution in [0.25, 0.3) is 0 Å². The van der Waals surface area contributed by atoms with Gasteiger partial charge >= 0.3 is 6.03 Å². The van der Waals surface area contributed by atoms with E-state index in [2.05, 4.69) is 52.3 Å². The standard InChI is InChI=1S/C16H17IN2O/c1-2-12-5-4-8-15(10-12)19-16(20)18-11-13-6-3-7-14(17)9-13/h3-10H,2,11H2,1H3,(H2,18,19,20). The number of carbonyl (C=O) groups is 1. The highest BCUT2D eigenvalue weighted by atomic mass is 127. The number of hydrogen-bond donors (Lipinski definition) is 2. The first-order valence-electron chi connectivity index (χ1n) is 6.55. The van der Waals surface area contributed by atoms with E-state index in [1.165, 1.54) is 5.56 Å². The largest absolute Gasteiger partial charge is 0.334 e. The lowest BCUT2D eigenvalue weighted by atomic mass is 10.1. The molecule has 0 atom stereocenters. The Morgan fingerprint density at radius 3 is 2.60 bits per heavy atom. The number of amides is 2. The second-order valence-corrected chi connectivity index (χ2v) is 5.74. The van der Waals surface area contributed by atoms with Gasteiger partial charge in [-0.25, -0.2) is 4.79 Å². The lowest BCUT2D eigenvalue weighted by Crippen LogP contribution is -2.28. The van der Waals surface area contributed by atoms with Gasteiger partial charge in [0, 0.05) is 15.8 Å². The van der Waals surface area contributed by atoms with Gasteiger partial charge < -0.3 is 10.6 Å². The number of nitrogens with one attached hydrogen (secondary N) is 2. The van der Waals surface area contributed by atoms with Gasteiger partial charge in [-0.3, -0.25) is 0 Å². The number of aryl methyl sites for hydroxylation is 1. The number of benzene rings is 2. The Bertz CT molecular complexity index is 599. The van der Waals surface area contributed by atoms with Gasteiger partial charge in [-0.2, -0.15) is 0 Å². The zero-order chi connectivity index (χ0) is 14.4. The summed E-state index contributed by atoms with van der Waals surface area (Å²) in [5.41, 5.74) is 3.12. The van der Waals surface area contributed by atoms with E-state index in [0.717, 1.165) is 21.2 Å². The van der Waals surface area contributed by atoms with E-state index in [9.17, 15) is 4.79 Å². The molecule has 0 saturated heterocycles. The molecule has 0 aromatic heterocycles. The summed E-state index contributed by atoms with van der Waals surface area (Å²) < 4.78 is 1.16. The van der Waals surface area contributed by atoms with Crippen molar-refractivity contribution < 1.29 is 4.79 Å². The second kappa shape index (κ2) is 7.28. The highest BCUT2D eigenvalue weighted by Gasteiger charge is 2.02. The minimum atomic E-state index is -0.183. The van der Waals surface area contributed by atoms with Crippen LogP contribution in [0.5, 0.6) is 0 Å². The molecule has 2 aromatic carbocycles. The fraction of sp³-hybridized carbons (Fsp3) is 0.188. The minimum absolute atomic E-state index is 0.183. The normalized spacial score (nSPS) is 10.1. The van der Waals surface area contributed by atoms with E-state index in [1.807, 2.05) is 36.4 Å². The van der Waals surface area contributed by atoms with Crippen molar-refractivity contribution in [2.24, 2.45) is 0 Å². The molecular formula is C16H17IN2O. The molecule has 0 aliphatic heterocycles. The van der Waals surface area contributed by atoms with Crippen LogP contribution < -0.4 is 10.6 Å². The van der Waals surface area contributed by atoms with Crippen molar-refractivity contribution in [1.29, 1.82) is 0 Å². The van der Waals surface area contributed by atoms with Crippen molar-refractivity contribution in [3.05, 3.63) is 63.2 Å². The zero-order valence-corrected chi connectivity index (χ0v) is 13.5. The SMILES string of the molecule is CCc1cccc(NC(=O)NCc2cccc(I)c2)c1. The highest BCUT2D eigenvalue weighted by Crippen LogP contribution is 2.11. The lowest BCUT2D eigenvalue weighted by Gasteiger charge is -2.09. The molecule has 0 aliphatic rings. The fourth-order valence-corrected chi connectivity index (χ4v) is 2.48. The average molecular weight is 380 g/mol. The van der Waals surface area contributed by atoms with Crippen LogP contribution in [-0.2, 0) is 13.0 Å². The molecule has 2 N–H and O–H groups in total. The lowest BCUT2D eigenvalue weighted by molar-refractivity contribution is 0.251. The number of urea groups is 1. The predicted molar refractivity (Wildman–Crippen MR) is 90.8 cm³/mol. The van der Waals surface area contributed by atoms with E-state index >= 15 is 0 Å². The first-order valence-corrected chi connectivity index (χ1v) is 7.63. The van der Waals surface area contributed by atoms with E-state index in [0.29, 0.717) is 6.54 Å². The van der Waals surface area contributed by atoms with Gasteiger partial charge in [-0.1, -0.05) is 31.2 Å². The molecule has 0 spiro atoms. The Kier molecular flexibility index (Phi) is 5.40. The maximum absolute atomic E-state index is 11.8. The van der Waals surface area contributed by atoms with Crippen molar-refractivity contribution >= 4 is 34.3 Å². The first kappa shape index (κ1) is 14.8. The van der Waals surface area contributed by atoms with Crippen LogP contribution in [0.15, 0.2) is 48.5 Å². The molecule has 2 aromatic rings. The van der Waals surface area contributed by atoms with Crippen LogP contribution in [0.3, 0.4) is 0 Å². The van der Waals surface area contributed by atoms with E-state index < -0.39 is 0 Å². The van der Waals surface area contributed by atoms with Crippen molar-refractivity contribution in [2.75, 3.05) is 5.32 Å². The van der Waals surface area contributed by atoms with Crippen molar-refractivity contribution in [3.8, 4) is 0 Å². The first-order chi connectivity index (χ1) is 9.67. The third kappa shape index (κ3) is 4.52. The molecule has 4 heteroatoms. The van der Waals surface area contributed by atoms with Gasteiger partial charge in [0.2, 0.25) is 0 Å². The molecule has 104 valence electrons. The summed E-state index contributed by atoms with van der Waals surface area (Å²) in [5, 5.41) is 5.71. The minimum Gasteiger partial charge on any atom is -0.334 e. The molecule has 0 aliphatic carbocycles. The Morgan fingerprint density at radius 2 is 1.85 bits per heavy atom. The number of carbonyl (C=O) groups excluding carboxylic acids is 1. The summed E-state index contributed by atoms with van der Waals surface area (Å²) in [6.07, 6.45) is 0.958. The molecule has 0 radical (unpaired) electrons. The van der Waals surface area contributed by atoms with Crippen LogP contribution in [-0.4, -0.2) is 6.03 Å². The van der Waals surface area contributed by atoms with Crippen molar-refractivity contribution in [1.82, 2.24) is 5.32 Å². The monoisotopic (exact) mass is 380 g/mol. The molecule has 0 unspecified atom stereocenters. The molecular weight excluding hydrogens is 363 g/mol. The average Bonchev–Trinajstić information content (AvgIpc) is 2.45. The Morgan fingerprint density at radius 1 is 1.10 bits per heavy atom. The van der Waals surface area contributed by atoms with E-state index in [4.69, 9.17) is 0 Å². The smallest absolute Gasteiger partial charge is 0.319 e. The summed E-state index contributed by atoms with van der Waals surface area (Å²) in [6, 6.07) is 15.8. The van der Waals surface area contributed by atoms with Crippen LogP contribution in [0.1, 0.15) is 18.1 Å². The summed E-state index contributed by atoms with van der Waals surface area (Å²) in [7, 11) is 0. The van der Waals surface area contributed by atoms with Gasteiger partial charge in [-0.05, 0) is 64.4 Å². The van der Waals surface area contributed by atoms with Crippen LogP contribution in [0.4, 0.5) is 10.5 Å². The van der Waals surface area contributed by atoms with Crippen molar-refractivity contribution in [3.63, 3.8) is 0 Å². The van der Waals surface area contributed by atoms with Crippen LogP contribution in [0, 0.1) is 3.57 Å². The molecule has 0 heterocycles. The van der Waals surface area contributed by atoms with Gasteiger partial charge in [-0.15, -0.1) is 0 Å². The highest BCUT2D eigenvalue weighted by molar-refractivity contribution is 14.1. The molecule has 0 saturated carbocycles. The Hall–Kier alpha value is -1.56. The second-order valence-electron chi connectivity index (χ2n) is 4.49. The van der Waals surface area contributed by atoms with Gasteiger partial charge in [0.1, 0.15) is 0 Å². The Labute approximate surface area is 132 Å². The predicted octanol–water partition coefficient (Wildman–Crippen LogP) is 4.18. The van der Waals surface area contributed by atoms with Gasteiger partial charge in [0.15, 0.2) is 0 Å². The van der Waals surface area contributed by atoms with Gasteiger partial charge in [0.05, 0.1) is 0 Å². The zero-order valence-electron chi connectivity index (χ0n) is 11.3. The molecule has 0 bridgehead atoms. The summed E-state index contributed by atoms with van der Waals surface area (Å²) >= 11 is 2.26. The topological polar surface area (TPSA) is 41.1 Å². The Balaban J connectivity index is 1.89. The number of halogens is 1. The molecule has 20 heavy (non-hydrogen) atoms. The number of anilines is 1. The van der Waals surface area contributed by atoms with E-state index in [-0.39, 0.29) is 6.03 Å². The summed E-state index contributed by atoms with van der Waals surface area (Å²) in [6.45, 7) is 2.62. The van der Waals surface area contributed by atoms with E-state index in [1.54, 1.807) is 0 Å². The fourth-order valence-electron chi connectivity index (χ4n) is 1.87. The molecule has 2 rings (SSSR count). The quantitative estimate of drug-likeness (QED) is 0.768. The molecule has 3 nitrogen and oxygen atoms in total. The molecule has 2 amide bonds.